The lowest BCUT2D eigenvalue weighted by atomic mass is 10.1. The smallest absolute Gasteiger partial charge is 0.250 e. The normalized spacial score (nSPS) is 10.0. The van der Waals surface area contributed by atoms with Gasteiger partial charge in [-0.05, 0) is 42.4 Å². The molecule has 7 heteroatoms. The van der Waals surface area contributed by atoms with Gasteiger partial charge in [0.15, 0.2) is 5.11 Å². The minimum Gasteiger partial charge on any atom is -0.366 e. The van der Waals surface area contributed by atoms with Gasteiger partial charge in [0.05, 0.1) is 11.3 Å². The zero-order valence-corrected chi connectivity index (χ0v) is 14.3. The molecule has 2 rings (SSSR count). The lowest BCUT2D eigenvalue weighted by molar-refractivity contribution is -0.119. The number of aryl methyl sites for hydroxylation is 1. The number of amides is 2. The van der Waals surface area contributed by atoms with Crippen LogP contribution >= 0.6 is 23.8 Å². The Hall–Kier alpha value is -2.44. The van der Waals surface area contributed by atoms with Crippen molar-refractivity contribution in [1.82, 2.24) is 5.32 Å². The molecule has 5 nitrogen and oxygen atoms in total. The van der Waals surface area contributed by atoms with E-state index in [1.165, 1.54) is 0 Å². The highest BCUT2D eigenvalue weighted by atomic mass is 35.5. The molecule has 0 aromatic heterocycles. The Labute approximate surface area is 150 Å². The van der Waals surface area contributed by atoms with Crippen molar-refractivity contribution in [3.8, 4) is 0 Å². The van der Waals surface area contributed by atoms with Crippen LogP contribution in [0.5, 0.6) is 0 Å². The molecule has 0 aliphatic carbocycles. The second-order valence-electron chi connectivity index (χ2n) is 5.00. The van der Waals surface area contributed by atoms with E-state index >= 15 is 0 Å². The number of primary amides is 1. The highest BCUT2D eigenvalue weighted by Crippen LogP contribution is 2.16. The molecule has 2 aromatic carbocycles. The third-order valence-electron chi connectivity index (χ3n) is 3.27. The van der Waals surface area contributed by atoms with Gasteiger partial charge < -0.3 is 16.4 Å². The van der Waals surface area contributed by atoms with Crippen LogP contribution in [-0.4, -0.2) is 16.9 Å². The molecule has 0 saturated carbocycles. The van der Waals surface area contributed by atoms with Crippen molar-refractivity contribution >= 4 is 46.4 Å². The highest BCUT2D eigenvalue weighted by molar-refractivity contribution is 7.80. The third kappa shape index (κ3) is 5.04. The quantitative estimate of drug-likeness (QED) is 0.715. The summed E-state index contributed by atoms with van der Waals surface area (Å²) in [4.78, 5) is 23.3. The molecule has 24 heavy (non-hydrogen) atoms. The average Bonchev–Trinajstić information content (AvgIpc) is 2.54. The fourth-order valence-corrected chi connectivity index (χ4v) is 2.55. The maximum Gasteiger partial charge on any atom is 0.250 e. The van der Waals surface area contributed by atoms with Crippen LogP contribution < -0.4 is 16.4 Å². The predicted molar refractivity (Wildman–Crippen MR) is 99.1 cm³/mol. The Balaban J connectivity index is 1.90. The first-order valence-corrected chi connectivity index (χ1v) is 7.99. The second kappa shape index (κ2) is 8.42. The van der Waals surface area contributed by atoms with Gasteiger partial charge in [-0.1, -0.05) is 41.9 Å². The summed E-state index contributed by atoms with van der Waals surface area (Å²) in [6, 6.07) is 14.0. The number of hydrogen-bond donors (Lipinski definition) is 3. The fraction of sp³-hybridized carbons (Fsp3) is 0.118. The summed E-state index contributed by atoms with van der Waals surface area (Å²) in [5.41, 5.74) is 6.93. The standard InChI is InChI=1S/C17H16ClN3O2S/c18-13-7-3-1-5-11(13)9-10-15(22)21-17(24)20-14-8-4-2-6-12(14)16(19)23/h1-8H,9-10H2,(H2,19,23)(H2,20,21,22,24). The number of carbonyl (C=O) groups is 2. The second-order valence-corrected chi connectivity index (χ2v) is 5.82. The largest absolute Gasteiger partial charge is 0.366 e. The van der Waals surface area contributed by atoms with Crippen molar-refractivity contribution in [3.05, 3.63) is 64.7 Å². The molecule has 0 radical (unpaired) electrons. The van der Waals surface area contributed by atoms with Gasteiger partial charge in [-0.3, -0.25) is 9.59 Å². The molecule has 0 aliphatic rings. The summed E-state index contributed by atoms with van der Waals surface area (Å²) in [6.45, 7) is 0. The monoisotopic (exact) mass is 361 g/mol. The molecule has 0 heterocycles. The van der Waals surface area contributed by atoms with Gasteiger partial charge in [-0.2, -0.15) is 0 Å². The Morgan fingerprint density at radius 3 is 2.46 bits per heavy atom. The van der Waals surface area contributed by atoms with E-state index in [0.29, 0.717) is 22.7 Å². The van der Waals surface area contributed by atoms with E-state index in [9.17, 15) is 9.59 Å². The van der Waals surface area contributed by atoms with Gasteiger partial charge in [0.2, 0.25) is 5.91 Å². The number of para-hydroxylation sites is 1. The third-order valence-corrected chi connectivity index (χ3v) is 3.85. The fourth-order valence-electron chi connectivity index (χ4n) is 2.10. The van der Waals surface area contributed by atoms with Gasteiger partial charge in [-0.15, -0.1) is 0 Å². The molecular weight excluding hydrogens is 346 g/mol. The van der Waals surface area contributed by atoms with Crippen molar-refractivity contribution in [3.63, 3.8) is 0 Å². The molecule has 0 atom stereocenters. The molecule has 0 spiro atoms. The van der Waals surface area contributed by atoms with E-state index in [4.69, 9.17) is 29.6 Å². The summed E-state index contributed by atoms with van der Waals surface area (Å²) >= 11 is 11.1. The van der Waals surface area contributed by atoms with Gasteiger partial charge >= 0.3 is 0 Å². The number of nitrogens with two attached hydrogens (primary N) is 1. The van der Waals surface area contributed by atoms with E-state index in [2.05, 4.69) is 10.6 Å². The molecule has 2 aromatic rings. The average molecular weight is 362 g/mol. The molecule has 2 amide bonds. The topological polar surface area (TPSA) is 84.2 Å². The molecule has 124 valence electrons. The summed E-state index contributed by atoms with van der Waals surface area (Å²) in [5.74, 6) is -0.824. The zero-order valence-electron chi connectivity index (χ0n) is 12.7. The van der Waals surface area contributed by atoms with Crippen LogP contribution in [0.1, 0.15) is 22.3 Å². The summed E-state index contributed by atoms with van der Waals surface area (Å²) in [7, 11) is 0. The van der Waals surface area contributed by atoms with Crippen molar-refractivity contribution in [2.75, 3.05) is 5.32 Å². The molecule has 4 N–H and O–H groups in total. The van der Waals surface area contributed by atoms with Crippen LogP contribution in [-0.2, 0) is 11.2 Å². The maximum absolute atomic E-state index is 12.0. The number of nitrogens with one attached hydrogen (secondary N) is 2. The molecule has 0 fully saturated rings. The summed E-state index contributed by atoms with van der Waals surface area (Å²) in [5, 5.41) is 6.11. The van der Waals surface area contributed by atoms with Crippen LogP contribution in [0.25, 0.3) is 0 Å². The van der Waals surface area contributed by atoms with E-state index in [0.717, 1.165) is 5.56 Å². The number of halogens is 1. The summed E-state index contributed by atoms with van der Waals surface area (Å²) < 4.78 is 0. The Bertz CT molecular complexity index is 780. The molecular formula is C17H16ClN3O2S. The number of hydrogen-bond acceptors (Lipinski definition) is 3. The SMILES string of the molecule is NC(=O)c1ccccc1NC(=S)NC(=O)CCc1ccccc1Cl. The predicted octanol–water partition coefficient (Wildman–Crippen LogP) is 2.88. The van der Waals surface area contributed by atoms with Crippen LogP contribution in [0.15, 0.2) is 48.5 Å². The van der Waals surface area contributed by atoms with Gasteiger partial charge in [0.1, 0.15) is 0 Å². The molecule has 0 aliphatic heterocycles. The van der Waals surface area contributed by atoms with E-state index in [1.54, 1.807) is 30.3 Å². The number of rotatable bonds is 5. The van der Waals surface area contributed by atoms with Crippen molar-refractivity contribution in [2.24, 2.45) is 5.73 Å². The van der Waals surface area contributed by atoms with E-state index < -0.39 is 5.91 Å². The van der Waals surface area contributed by atoms with Crippen LogP contribution in [0.2, 0.25) is 5.02 Å². The maximum atomic E-state index is 12.0. The minimum atomic E-state index is -0.578. The van der Waals surface area contributed by atoms with E-state index in [-0.39, 0.29) is 17.4 Å². The van der Waals surface area contributed by atoms with Crippen LogP contribution in [0.3, 0.4) is 0 Å². The lowest BCUT2D eigenvalue weighted by Crippen LogP contribution is -2.34. The number of carbonyl (C=O) groups excluding carboxylic acids is 2. The van der Waals surface area contributed by atoms with Crippen molar-refractivity contribution in [1.29, 1.82) is 0 Å². The first-order valence-electron chi connectivity index (χ1n) is 7.20. The van der Waals surface area contributed by atoms with Gasteiger partial charge in [-0.25, -0.2) is 0 Å². The first-order chi connectivity index (χ1) is 11.5. The Morgan fingerprint density at radius 1 is 1.08 bits per heavy atom. The molecule has 0 saturated heterocycles. The van der Waals surface area contributed by atoms with Gasteiger partial charge in [0.25, 0.3) is 5.91 Å². The number of thiocarbonyl (C=S) groups is 1. The minimum absolute atomic E-state index is 0.104. The highest BCUT2D eigenvalue weighted by Gasteiger charge is 2.10. The van der Waals surface area contributed by atoms with Crippen molar-refractivity contribution < 1.29 is 9.59 Å². The Morgan fingerprint density at radius 2 is 1.75 bits per heavy atom. The Kier molecular flexibility index (Phi) is 6.28. The molecule has 0 bridgehead atoms. The van der Waals surface area contributed by atoms with Crippen LogP contribution in [0, 0.1) is 0 Å². The molecule has 0 unspecified atom stereocenters. The van der Waals surface area contributed by atoms with E-state index in [1.807, 2.05) is 18.2 Å². The summed E-state index contributed by atoms with van der Waals surface area (Å²) in [6.07, 6.45) is 0.745. The van der Waals surface area contributed by atoms with Gasteiger partial charge in [0, 0.05) is 11.4 Å². The zero-order chi connectivity index (χ0) is 17.5. The van der Waals surface area contributed by atoms with Crippen LogP contribution in [0.4, 0.5) is 5.69 Å². The van der Waals surface area contributed by atoms with Crippen molar-refractivity contribution in [2.45, 2.75) is 12.8 Å². The number of anilines is 1. The number of benzene rings is 2. The first kappa shape index (κ1) is 17.9. The lowest BCUT2D eigenvalue weighted by Gasteiger charge is -2.12.